The van der Waals surface area contributed by atoms with Crippen molar-refractivity contribution in [3.8, 4) is 0 Å². The number of rotatable bonds is 7. The molecule has 0 aliphatic carbocycles. The summed E-state index contributed by atoms with van der Waals surface area (Å²) in [5, 5.41) is 3.72. The number of fused-ring (bicyclic) bond motifs is 1. The van der Waals surface area contributed by atoms with Gasteiger partial charge in [0, 0.05) is 24.1 Å². The lowest BCUT2D eigenvalue weighted by Gasteiger charge is -2.10. The van der Waals surface area contributed by atoms with Crippen LogP contribution in [0, 0.1) is 0 Å². The van der Waals surface area contributed by atoms with Crippen LogP contribution in [0.3, 0.4) is 0 Å². The standard InChI is InChI=1S/C23H21N3O3S2/c1-31(28,29)18-12-10-16(11-13-18)14-24-22(27)19-7-3-2-6-17(19)15-30-23-25-20-8-4-5-9-21(20)26-23/h2-13H,14-15H2,1H3,(H,24,27)(H,25,26). The van der Waals surface area contributed by atoms with E-state index >= 15 is 0 Å². The zero-order chi connectivity index (χ0) is 21.8. The Hall–Kier alpha value is -3.10. The minimum Gasteiger partial charge on any atom is -0.348 e. The Morgan fingerprint density at radius 3 is 2.45 bits per heavy atom. The number of aromatic amines is 1. The molecule has 4 rings (SSSR count). The molecule has 3 aromatic carbocycles. The average Bonchev–Trinajstić information content (AvgIpc) is 3.19. The molecular formula is C23H21N3O3S2. The number of nitrogens with one attached hydrogen (secondary N) is 2. The molecule has 8 heteroatoms. The van der Waals surface area contributed by atoms with Gasteiger partial charge in [-0.15, -0.1) is 0 Å². The van der Waals surface area contributed by atoms with Gasteiger partial charge in [-0.3, -0.25) is 4.79 Å². The van der Waals surface area contributed by atoms with Crippen LogP contribution >= 0.6 is 11.8 Å². The summed E-state index contributed by atoms with van der Waals surface area (Å²) in [6.07, 6.45) is 1.17. The topological polar surface area (TPSA) is 91.9 Å². The first kappa shape index (κ1) is 21.1. The van der Waals surface area contributed by atoms with E-state index in [-0.39, 0.29) is 10.8 Å². The molecule has 0 atom stereocenters. The molecule has 0 aliphatic heterocycles. The summed E-state index contributed by atoms with van der Waals surface area (Å²) in [5.41, 5.74) is 4.25. The molecule has 158 valence electrons. The Morgan fingerprint density at radius 2 is 1.71 bits per heavy atom. The van der Waals surface area contributed by atoms with Gasteiger partial charge in [-0.2, -0.15) is 0 Å². The normalized spacial score (nSPS) is 11.5. The van der Waals surface area contributed by atoms with E-state index in [1.807, 2.05) is 42.5 Å². The third-order valence-electron chi connectivity index (χ3n) is 4.80. The van der Waals surface area contributed by atoms with Crippen LogP contribution in [0.25, 0.3) is 11.0 Å². The van der Waals surface area contributed by atoms with Crippen molar-refractivity contribution < 1.29 is 13.2 Å². The fourth-order valence-electron chi connectivity index (χ4n) is 3.14. The van der Waals surface area contributed by atoms with Gasteiger partial charge in [0.15, 0.2) is 15.0 Å². The fraction of sp³-hybridized carbons (Fsp3) is 0.130. The van der Waals surface area contributed by atoms with E-state index in [4.69, 9.17) is 0 Å². The van der Waals surface area contributed by atoms with Gasteiger partial charge in [0.05, 0.1) is 15.9 Å². The van der Waals surface area contributed by atoms with Crippen molar-refractivity contribution in [2.24, 2.45) is 0 Å². The lowest BCUT2D eigenvalue weighted by atomic mass is 10.1. The van der Waals surface area contributed by atoms with E-state index in [1.54, 1.807) is 42.1 Å². The number of imidazole rings is 1. The summed E-state index contributed by atoms with van der Waals surface area (Å²) in [4.78, 5) is 20.9. The average molecular weight is 452 g/mol. The van der Waals surface area contributed by atoms with Gasteiger partial charge in [-0.05, 0) is 41.5 Å². The molecule has 6 nitrogen and oxygen atoms in total. The predicted octanol–water partition coefficient (Wildman–Crippen LogP) is 4.19. The second kappa shape index (κ2) is 8.95. The van der Waals surface area contributed by atoms with Crippen molar-refractivity contribution in [1.29, 1.82) is 0 Å². The number of carbonyl (C=O) groups excluding carboxylic acids is 1. The van der Waals surface area contributed by atoms with Crippen LogP contribution in [0.4, 0.5) is 0 Å². The molecule has 31 heavy (non-hydrogen) atoms. The highest BCUT2D eigenvalue weighted by Gasteiger charge is 2.13. The van der Waals surface area contributed by atoms with Crippen LogP contribution in [-0.4, -0.2) is 30.5 Å². The molecule has 0 fully saturated rings. The molecule has 2 N–H and O–H groups in total. The van der Waals surface area contributed by atoms with Gasteiger partial charge < -0.3 is 10.3 Å². The second-order valence-electron chi connectivity index (χ2n) is 7.10. The smallest absolute Gasteiger partial charge is 0.251 e. The highest BCUT2D eigenvalue weighted by atomic mass is 32.2. The van der Waals surface area contributed by atoms with Gasteiger partial charge in [-0.25, -0.2) is 13.4 Å². The van der Waals surface area contributed by atoms with E-state index in [2.05, 4.69) is 15.3 Å². The van der Waals surface area contributed by atoms with Crippen LogP contribution in [0.5, 0.6) is 0 Å². The van der Waals surface area contributed by atoms with Gasteiger partial charge in [0.25, 0.3) is 5.91 Å². The highest BCUT2D eigenvalue weighted by Crippen LogP contribution is 2.24. The Kier molecular flexibility index (Phi) is 6.11. The van der Waals surface area contributed by atoms with Gasteiger partial charge >= 0.3 is 0 Å². The van der Waals surface area contributed by atoms with E-state index in [1.165, 1.54) is 6.26 Å². The van der Waals surface area contributed by atoms with Crippen LogP contribution in [0.2, 0.25) is 0 Å². The summed E-state index contributed by atoms with van der Waals surface area (Å²) in [5.74, 6) is 0.430. The number of sulfone groups is 1. The molecule has 4 aromatic rings. The Morgan fingerprint density at radius 1 is 1.00 bits per heavy atom. The summed E-state index contributed by atoms with van der Waals surface area (Å²) in [6.45, 7) is 0.313. The van der Waals surface area contributed by atoms with E-state index in [9.17, 15) is 13.2 Å². The van der Waals surface area contributed by atoms with Crippen molar-refractivity contribution in [1.82, 2.24) is 15.3 Å². The number of amides is 1. The first-order valence-electron chi connectivity index (χ1n) is 9.63. The minimum absolute atomic E-state index is 0.173. The number of para-hydroxylation sites is 2. The maximum absolute atomic E-state index is 12.8. The van der Waals surface area contributed by atoms with Crippen LogP contribution < -0.4 is 5.32 Å². The Balaban J connectivity index is 1.41. The molecule has 1 amide bonds. The molecule has 1 aromatic heterocycles. The summed E-state index contributed by atoms with van der Waals surface area (Å²) in [7, 11) is -3.23. The zero-order valence-corrected chi connectivity index (χ0v) is 18.5. The molecular weight excluding hydrogens is 430 g/mol. The van der Waals surface area contributed by atoms with Gasteiger partial charge in [-0.1, -0.05) is 54.2 Å². The van der Waals surface area contributed by atoms with E-state index in [0.29, 0.717) is 17.9 Å². The number of nitrogens with zero attached hydrogens (tertiary/aromatic N) is 1. The third-order valence-corrected chi connectivity index (χ3v) is 6.85. The Bertz CT molecular complexity index is 1300. The van der Waals surface area contributed by atoms with Crippen molar-refractivity contribution in [3.05, 3.63) is 89.5 Å². The molecule has 0 spiro atoms. The van der Waals surface area contributed by atoms with Gasteiger partial charge in [0.1, 0.15) is 0 Å². The lowest BCUT2D eigenvalue weighted by molar-refractivity contribution is 0.0950. The number of benzene rings is 3. The van der Waals surface area contributed by atoms with Crippen molar-refractivity contribution in [2.45, 2.75) is 22.3 Å². The number of hydrogen-bond donors (Lipinski definition) is 2. The zero-order valence-electron chi connectivity index (χ0n) is 16.8. The quantitative estimate of drug-likeness (QED) is 0.411. The molecule has 0 unspecified atom stereocenters. The van der Waals surface area contributed by atoms with Crippen LogP contribution in [0.1, 0.15) is 21.5 Å². The maximum Gasteiger partial charge on any atom is 0.251 e. The lowest BCUT2D eigenvalue weighted by Crippen LogP contribution is -2.23. The summed E-state index contributed by atoms with van der Waals surface area (Å²) in [6, 6.07) is 21.9. The number of aromatic nitrogens is 2. The molecule has 0 aliphatic rings. The number of H-pyrrole nitrogens is 1. The van der Waals surface area contributed by atoms with Crippen molar-refractivity contribution in [3.63, 3.8) is 0 Å². The monoisotopic (exact) mass is 451 g/mol. The molecule has 0 saturated heterocycles. The van der Waals surface area contributed by atoms with E-state index in [0.717, 1.165) is 27.3 Å². The van der Waals surface area contributed by atoms with Crippen LogP contribution in [-0.2, 0) is 22.1 Å². The number of carbonyl (C=O) groups is 1. The molecule has 1 heterocycles. The minimum atomic E-state index is -3.23. The van der Waals surface area contributed by atoms with E-state index < -0.39 is 9.84 Å². The SMILES string of the molecule is CS(=O)(=O)c1ccc(CNC(=O)c2ccccc2CSc2nc3ccccc3[nH]2)cc1. The van der Waals surface area contributed by atoms with Crippen LogP contribution in [0.15, 0.2) is 82.8 Å². The number of thioether (sulfide) groups is 1. The fourth-order valence-corrected chi connectivity index (χ4v) is 4.66. The van der Waals surface area contributed by atoms with Gasteiger partial charge in [0.2, 0.25) is 0 Å². The van der Waals surface area contributed by atoms with Crippen molar-refractivity contribution >= 4 is 38.5 Å². The third kappa shape index (κ3) is 5.15. The largest absolute Gasteiger partial charge is 0.348 e. The first-order chi connectivity index (χ1) is 14.9. The molecule has 0 saturated carbocycles. The summed E-state index contributed by atoms with van der Waals surface area (Å²) >= 11 is 1.55. The highest BCUT2D eigenvalue weighted by molar-refractivity contribution is 7.98. The van der Waals surface area contributed by atoms with Crippen molar-refractivity contribution in [2.75, 3.05) is 6.26 Å². The second-order valence-corrected chi connectivity index (χ2v) is 10.1. The molecule has 0 radical (unpaired) electrons. The predicted molar refractivity (Wildman–Crippen MR) is 123 cm³/mol. The first-order valence-corrected chi connectivity index (χ1v) is 12.5. The maximum atomic E-state index is 12.8. The Labute approximate surface area is 185 Å². The summed E-state index contributed by atoms with van der Waals surface area (Å²) < 4.78 is 23.1. The molecule has 0 bridgehead atoms. The number of hydrogen-bond acceptors (Lipinski definition) is 5.